The van der Waals surface area contributed by atoms with Gasteiger partial charge in [-0.15, -0.1) is 0 Å². The number of hydrogen-bond acceptors (Lipinski definition) is 6. The van der Waals surface area contributed by atoms with E-state index in [2.05, 4.69) is 21.2 Å². The Morgan fingerprint density at radius 2 is 1.72 bits per heavy atom. The van der Waals surface area contributed by atoms with E-state index in [-0.39, 0.29) is 29.5 Å². The molecular weight excluding hydrogens is 593 g/mol. The Hall–Kier alpha value is -3.64. The second-order valence-electron chi connectivity index (χ2n) is 8.74. The molecule has 1 atom stereocenters. The number of nitrogens with zero attached hydrogens (tertiary/aromatic N) is 2. The van der Waals surface area contributed by atoms with Crippen LogP contribution in [0.25, 0.3) is 0 Å². The number of benzene rings is 3. The van der Waals surface area contributed by atoms with Crippen LogP contribution in [0.3, 0.4) is 0 Å². The summed E-state index contributed by atoms with van der Waals surface area (Å²) in [4.78, 5) is 27.5. The molecule has 0 aromatic heterocycles. The Morgan fingerprint density at radius 3 is 2.38 bits per heavy atom. The number of sulfonamides is 1. The summed E-state index contributed by atoms with van der Waals surface area (Å²) < 4.78 is 54.3. The third-order valence-corrected chi connectivity index (χ3v) is 8.41. The molecular formula is C27H27BrFN3O6S. The first-order chi connectivity index (χ1) is 18.6. The van der Waals surface area contributed by atoms with Crippen LogP contribution in [0.5, 0.6) is 11.5 Å². The maximum absolute atomic E-state index is 13.9. The zero-order valence-corrected chi connectivity index (χ0v) is 23.7. The Labute approximate surface area is 234 Å². The number of ether oxygens (including phenoxy) is 2. The molecule has 0 saturated carbocycles. The molecule has 3 aromatic rings. The highest BCUT2D eigenvalue weighted by molar-refractivity contribution is 9.10. The van der Waals surface area contributed by atoms with Crippen molar-refractivity contribution in [3.05, 3.63) is 82.6 Å². The smallest absolute Gasteiger partial charge is 0.264 e. The predicted octanol–water partition coefficient (Wildman–Crippen LogP) is 3.72. The van der Waals surface area contributed by atoms with E-state index in [0.29, 0.717) is 12.4 Å². The van der Waals surface area contributed by atoms with Crippen LogP contribution in [-0.2, 0) is 26.2 Å². The minimum absolute atomic E-state index is 0.0498. The van der Waals surface area contributed by atoms with E-state index in [1.807, 2.05) is 6.07 Å². The molecule has 9 nitrogen and oxygen atoms in total. The summed E-state index contributed by atoms with van der Waals surface area (Å²) in [6.45, 7) is 1.57. The summed E-state index contributed by atoms with van der Waals surface area (Å²) in [5.41, 5.74) is 0.811. The number of rotatable bonds is 9. The van der Waals surface area contributed by atoms with Gasteiger partial charge in [-0.1, -0.05) is 28.1 Å². The lowest BCUT2D eigenvalue weighted by molar-refractivity contribution is -0.139. The Balaban J connectivity index is 1.72. The number of halogens is 2. The molecule has 0 fully saturated rings. The summed E-state index contributed by atoms with van der Waals surface area (Å²) >= 11 is 3.40. The van der Waals surface area contributed by atoms with Gasteiger partial charge in [-0.05, 0) is 61.0 Å². The molecule has 1 heterocycles. The van der Waals surface area contributed by atoms with Gasteiger partial charge in [0, 0.05) is 24.1 Å². The summed E-state index contributed by atoms with van der Waals surface area (Å²) in [6.07, 6.45) is 0. The molecule has 1 N–H and O–H groups in total. The molecule has 0 bridgehead atoms. The van der Waals surface area contributed by atoms with Gasteiger partial charge in [0.25, 0.3) is 10.0 Å². The third kappa shape index (κ3) is 6.51. The van der Waals surface area contributed by atoms with Gasteiger partial charge in [0.2, 0.25) is 11.8 Å². The van der Waals surface area contributed by atoms with Crippen molar-refractivity contribution in [3.63, 3.8) is 0 Å². The average Bonchev–Trinajstić information content (AvgIpc) is 2.94. The Morgan fingerprint density at radius 1 is 1.03 bits per heavy atom. The largest absolute Gasteiger partial charge is 0.486 e. The van der Waals surface area contributed by atoms with Gasteiger partial charge in [0.1, 0.15) is 31.6 Å². The lowest BCUT2D eigenvalue weighted by Crippen LogP contribution is -2.50. The van der Waals surface area contributed by atoms with Crippen molar-refractivity contribution in [2.24, 2.45) is 0 Å². The number of carbonyl (C=O) groups excluding carboxylic acids is 2. The van der Waals surface area contributed by atoms with E-state index in [9.17, 15) is 22.4 Å². The highest BCUT2D eigenvalue weighted by Gasteiger charge is 2.33. The van der Waals surface area contributed by atoms with E-state index in [4.69, 9.17) is 9.47 Å². The number of likely N-dealkylation sites (N-methyl/N-ethyl adjacent to an activating group) is 1. The fraction of sp³-hybridized carbons (Fsp3) is 0.259. The van der Waals surface area contributed by atoms with Crippen molar-refractivity contribution in [3.8, 4) is 11.5 Å². The van der Waals surface area contributed by atoms with Crippen LogP contribution in [0.1, 0.15) is 12.5 Å². The van der Waals surface area contributed by atoms with E-state index in [0.717, 1.165) is 26.5 Å². The van der Waals surface area contributed by atoms with Crippen molar-refractivity contribution in [2.45, 2.75) is 24.4 Å². The number of amides is 2. The second-order valence-corrected chi connectivity index (χ2v) is 11.5. The highest BCUT2D eigenvalue weighted by atomic mass is 79.9. The fourth-order valence-electron chi connectivity index (χ4n) is 4.07. The Kier molecular flexibility index (Phi) is 8.76. The van der Waals surface area contributed by atoms with Gasteiger partial charge in [-0.2, -0.15) is 0 Å². The first kappa shape index (κ1) is 28.4. The molecule has 0 saturated heterocycles. The lowest BCUT2D eigenvalue weighted by atomic mass is 10.1. The van der Waals surface area contributed by atoms with Crippen LogP contribution in [-0.4, -0.2) is 58.0 Å². The standard InChI is InChI=1S/C27H27BrFN3O6S/c1-18(27(34)30-2)31(16-19-4-3-5-20(28)14-19)26(33)17-32(22-8-6-21(29)7-9-22)39(35,36)23-10-11-24-25(15-23)38-13-12-37-24/h3-11,14-15,18H,12-13,16-17H2,1-2H3,(H,30,34). The van der Waals surface area contributed by atoms with Gasteiger partial charge in [-0.25, -0.2) is 12.8 Å². The summed E-state index contributed by atoms with van der Waals surface area (Å²) in [7, 11) is -2.88. The van der Waals surface area contributed by atoms with Crippen molar-refractivity contribution in [1.29, 1.82) is 0 Å². The first-order valence-electron chi connectivity index (χ1n) is 12.0. The fourth-order valence-corrected chi connectivity index (χ4v) is 5.95. The minimum Gasteiger partial charge on any atom is -0.486 e. The molecule has 0 radical (unpaired) electrons. The molecule has 1 aliphatic heterocycles. The number of carbonyl (C=O) groups is 2. The zero-order chi connectivity index (χ0) is 28.2. The molecule has 3 aromatic carbocycles. The molecule has 12 heteroatoms. The van der Waals surface area contributed by atoms with Crippen molar-refractivity contribution in [1.82, 2.24) is 10.2 Å². The minimum atomic E-state index is -4.34. The number of nitrogens with one attached hydrogen (secondary N) is 1. The molecule has 1 unspecified atom stereocenters. The van der Waals surface area contributed by atoms with Crippen molar-refractivity contribution < 1.29 is 31.9 Å². The molecule has 2 amide bonds. The van der Waals surface area contributed by atoms with Crippen molar-refractivity contribution >= 4 is 43.5 Å². The molecule has 0 aliphatic carbocycles. The van der Waals surface area contributed by atoms with Gasteiger partial charge >= 0.3 is 0 Å². The first-order valence-corrected chi connectivity index (χ1v) is 14.3. The van der Waals surface area contributed by atoms with Crippen LogP contribution < -0.4 is 19.1 Å². The monoisotopic (exact) mass is 619 g/mol. The quantitative estimate of drug-likeness (QED) is 0.391. The van der Waals surface area contributed by atoms with Gasteiger partial charge in [0.05, 0.1) is 10.6 Å². The average molecular weight is 620 g/mol. The van der Waals surface area contributed by atoms with Crippen LogP contribution in [0.2, 0.25) is 0 Å². The van der Waals surface area contributed by atoms with E-state index in [1.54, 1.807) is 25.1 Å². The second kappa shape index (κ2) is 12.0. The Bertz CT molecular complexity index is 1470. The number of hydrogen-bond donors (Lipinski definition) is 1. The maximum Gasteiger partial charge on any atom is 0.264 e. The van der Waals surface area contributed by atoms with Crippen LogP contribution in [0, 0.1) is 5.82 Å². The summed E-state index contributed by atoms with van der Waals surface area (Å²) in [6, 6.07) is 15.3. The predicted molar refractivity (Wildman–Crippen MR) is 147 cm³/mol. The van der Waals surface area contributed by atoms with Gasteiger partial charge in [0.15, 0.2) is 11.5 Å². The van der Waals surface area contributed by atoms with Crippen LogP contribution in [0.4, 0.5) is 10.1 Å². The molecule has 1 aliphatic rings. The SMILES string of the molecule is CNC(=O)C(C)N(Cc1cccc(Br)c1)C(=O)CN(c1ccc(F)cc1)S(=O)(=O)c1ccc2c(c1)OCCO2. The lowest BCUT2D eigenvalue weighted by Gasteiger charge is -2.32. The molecule has 39 heavy (non-hydrogen) atoms. The van der Waals surface area contributed by atoms with E-state index < -0.39 is 40.2 Å². The van der Waals surface area contributed by atoms with Crippen LogP contribution >= 0.6 is 15.9 Å². The van der Waals surface area contributed by atoms with Crippen LogP contribution in [0.15, 0.2) is 76.1 Å². The van der Waals surface area contributed by atoms with E-state index in [1.165, 1.54) is 42.3 Å². The maximum atomic E-state index is 13.9. The topological polar surface area (TPSA) is 105 Å². The van der Waals surface area contributed by atoms with Gasteiger partial charge in [-0.3, -0.25) is 13.9 Å². The molecule has 0 spiro atoms. The molecule has 206 valence electrons. The molecule has 4 rings (SSSR count). The van der Waals surface area contributed by atoms with Gasteiger partial charge < -0.3 is 19.7 Å². The summed E-state index contributed by atoms with van der Waals surface area (Å²) in [5.74, 6) is -0.939. The van der Waals surface area contributed by atoms with E-state index >= 15 is 0 Å². The summed E-state index contributed by atoms with van der Waals surface area (Å²) in [5, 5.41) is 2.53. The highest BCUT2D eigenvalue weighted by Crippen LogP contribution is 2.34. The third-order valence-electron chi connectivity index (χ3n) is 6.15. The number of anilines is 1. The zero-order valence-electron chi connectivity index (χ0n) is 21.3. The van der Waals surface area contributed by atoms with Crippen molar-refractivity contribution in [2.75, 3.05) is 31.1 Å². The number of fused-ring (bicyclic) bond motifs is 1. The normalized spacial score (nSPS) is 13.3.